The molecule has 2 aromatic carbocycles. The molecule has 0 radical (unpaired) electrons. The molecule has 0 saturated carbocycles. The molecule has 0 unspecified atom stereocenters. The Bertz CT molecular complexity index is 765. The van der Waals surface area contributed by atoms with Crippen molar-refractivity contribution in [2.24, 2.45) is 5.10 Å². The molecule has 0 aliphatic heterocycles. The Morgan fingerprint density at radius 3 is 2.95 bits per heavy atom. The van der Waals surface area contributed by atoms with Crippen LogP contribution in [-0.4, -0.2) is 23.4 Å². The molecule has 0 fully saturated rings. The summed E-state index contributed by atoms with van der Waals surface area (Å²) in [6.45, 7) is 0. The van der Waals surface area contributed by atoms with Gasteiger partial charge >= 0.3 is 0 Å². The van der Waals surface area contributed by atoms with E-state index in [1.54, 1.807) is 25.3 Å². The predicted molar refractivity (Wildman–Crippen MR) is 85.5 cm³/mol. The predicted octanol–water partition coefficient (Wildman–Crippen LogP) is 3.46. The molecule has 2 N–H and O–H groups in total. The second kappa shape index (κ2) is 5.80. The normalized spacial score (nSPS) is 11.1. The summed E-state index contributed by atoms with van der Waals surface area (Å²) >= 11 is 1.52. The molecule has 0 amide bonds. The van der Waals surface area contributed by atoms with Crippen molar-refractivity contribution < 1.29 is 9.84 Å². The number of hydrazone groups is 1. The van der Waals surface area contributed by atoms with Crippen LogP contribution < -0.4 is 10.2 Å². The van der Waals surface area contributed by atoms with Crippen LogP contribution in [0.2, 0.25) is 0 Å². The molecule has 0 aliphatic rings. The first-order valence-electron chi connectivity index (χ1n) is 6.28. The minimum atomic E-state index is 0.144. The van der Waals surface area contributed by atoms with Crippen LogP contribution in [-0.2, 0) is 0 Å². The molecule has 21 heavy (non-hydrogen) atoms. The summed E-state index contributed by atoms with van der Waals surface area (Å²) in [6, 6.07) is 12.8. The Hall–Kier alpha value is -2.60. The second-order valence-electron chi connectivity index (χ2n) is 4.28. The number of ether oxygens (including phenoxy) is 1. The lowest BCUT2D eigenvalue weighted by atomic mass is 10.2. The van der Waals surface area contributed by atoms with Crippen molar-refractivity contribution in [3.05, 3.63) is 48.0 Å². The quantitative estimate of drug-likeness (QED) is 0.572. The highest BCUT2D eigenvalue weighted by atomic mass is 32.1. The fourth-order valence-corrected chi connectivity index (χ4v) is 2.66. The third-order valence-corrected chi connectivity index (χ3v) is 3.83. The molecule has 106 valence electrons. The number of aromatic nitrogens is 1. The molecule has 0 spiro atoms. The van der Waals surface area contributed by atoms with Crippen LogP contribution in [0.1, 0.15) is 5.56 Å². The van der Waals surface area contributed by atoms with Gasteiger partial charge in [-0.2, -0.15) is 5.10 Å². The fourth-order valence-electron chi connectivity index (χ4n) is 1.84. The van der Waals surface area contributed by atoms with E-state index >= 15 is 0 Å². The largest absolute Gasteiger partial charge is 0.507 e. The average molecular weight is 299 g/mol. The highest BCUT2D eigenvalue weighted by Crippen LogP contribution is 2.25. The van der Waals surface area contributed by atoms with E-state index in [4.69, 9.17) is 4.74 Å². The number of para-hydroxylation sites is 1. The van der Waals surface area contributed by atoms with Crippen molar-refractivity contribution in [2.45, 2.75) is 0 Å². The number of anilines is 1. The van der Waals surface area contributed by atoms with Crippen LogP contribution in [0.25, 0.3) is 10.2 Å². The second-order valence-corrected chi connectivity index (χ2v) is 5.31. The van der Waals surface area contributed by atoms with Crippen molar-refractivity contribution >= 4 is 32.9 Å². The number of rotatable bonds is 4. The van der Waals surface area contributed by atoms with Gasteiger partial charge in [-0.3, -0.25) is 5.43 Å². The van der Waals surface area contributed by atoms with Gasteiger partial charge in [0, 0.05) is 5.56 Å². The monoisotopic (exact) mass is 299 g/mol. The molecular weight excluding hydrogens is 286 g/mol. The molecule has 0 atom stereocenters. The van der Waals surface area contributed by atoms with Crippen LogP contribution in [0.15, 0.2) is 47.6 Å². The molecular formula is C15H13N3O2S. The summed E-state index contributed by atoms with van der Waals surface area (Å²) in [5, 5.41) is 14.6. The van der Waals surface area contributed by atoms with E-state index in [2.05, 4.69) is 15.5 Å². The minimum absolute atomic E-state index is 0.144. The Labute approximate surface area is 125 Å². The molecule has 6 heteroatoms. The molecule has 3 aromatic rings. The van der Waals surface area contributed by atoms with E-state index < -0.39 is 0 Å². The van der Waals surface area contributed by atoms with E-state index in [9.17, 15) is 5.11 Å². The van der Waals surface area contributed by atoms with E-state index in [0.717, 1.165) is 10.2 Å². The molecule has 1 aromatic heterocycles. The van der Waals surface area contributed by atoms with Gasteiger partial charge in [-0.05, 0) is 30.3 Å². The maximum Gasteiger partial charge on any atom is 0.204 e. The van der Waals surface area contributed by atoms with Gasteiger partial charge in [0.15, 0.2) is 0 Å². The molecule has 0 saturated heterocycles. The topological polar surface area (TPSA) is 66.7 Å². The van der Waals surface area contributed by atoms with Crippen LogP contribution in [0.3, 0.4) is 0 Å². The first-order valence-corrected chi connectivity index (χ1v) is 7.09. The maximum absolute atomic E-state index is 9.75. The number of aromatic hydroxyl groups is 1. The van der Waals surface area contributed by atoms with Gasteiger partial charge in [-0.15, -0.1) is 0 Å². The Morgan fingerprint density at radius 2 is 2.14 bits per heavy atom. The van der Waals surface area contributed by atoms with Gasteiger partial charge in [0.2, 0.25) is 5.13 Å². The zero-order chi connectivity index (χ0) is 14.7. The third-order valence-electron chi connectivity index (χ3n) is 2.89. The van der Waals surface area contributed by atoms with Crippen molar-refractivity contribution in [1.82, 2.24) is 4.98 Å². The van der Waals surface area contributed by atoms with E-state index in [1.807, 2.05) is 24.3 Å². The molecule has 0 aliphatic carbocycles. The molecule has 0 bridgehead atoms. The number of phenolic OH excluding ortho intramolecular Hbond substituents is 1. The van der Waals surface area contributed by atoms with Crippen molar-refractivity contribution in [3.63, 3.8) is 0 Å². The number of phenols is 1. The van der Waals surface area contributed by atoms with Crippen LogP contribution in [0.4, 0.5) is 5.13 Å². The fraction of sp³-hybridized carbons (Fsp3) is 0.0667. The minimum Gasteiger partial charge on any atom is -0.507 e. The number of nitrogens with zero attached hydrogens (tertiary/aromatic N) is 2. The van der Waals surface area contributed by atoms with Gasteiger partial charge in [0.1, 0.15) is 11.5 Å². The smallest absolute Gasteiger partial charge is 0.204 e. The van der Waals surface area contributed by atoms with Gasteiger partial charge in [0.25, 0.3) is 0 Å². The van der Waals surface area contributed by atoms with Gasteiger partial charge in [-0.1, -0.05) is 23.5 Å². The van der Waals surface area contributed by atoms with E-state index in [0.29, 0.717) is 16.4 Å². The van der Waals surface area contributed by atoms with Crippen molar-refractivity contribution in [1.29, 1.82) is 0 Å². The van der Waals surface area contributed by atoms with Gasteiger partial charge in [-0.25, -0.2) is 4.98 Å². The molecule has 1 heterocycles. The SMILES string of the molecule is COc1ccc(O)c(/C=N/Nc2nc3ccccc3s2)c1. The van der Waals surface area contributed by atoms with Crippen LogP contribution in [0, 0.1) is 0 Å². The van der Waals surface area contributed by atoms with Crippen LogP contribution >= 0.6 is 11.3 Å². The number of fused-ring (bicyclic) bond motifs is 1. The lowest BCUT2D eigenvalue weighted by molar-refractivity contribution is 0.412. The van der Waals surface area contributed by atoms with Crippen molar-refractivity contribution in [2.75, 3.05) is 12.5 Å². The summed E-state index contributed by atoms with van der Waals surface area (Å²) < 4.78 is 6.21. The van der Waals surface area contributed by atoms with E-state index in [-0.39, 0.29) is 5.75 Å². The summed E-state index contributed by atoms with van der Waals surface area (Å²) in [5.74, 6) is 0.805. The number of hydrogen-bond donors (Lipinski definition) is 2. The van der Waals surface area contributed by atoms with Gasteiger partial charge in [0.05, 0.1) is 23.5 Å². The van der Waals surface area contributed by atoms with Crippen molar-refractivity contribution in [3.8, 4) is 11.5 Å². The highest BCUT2D eigenvalue weighted by molar-refractivity contribution is 7.22. The summed E-state index contributed by atoms with van der Waals surface area (Å²) in [5.41, 5.74) is 4.38. The Balaban J connectivity index is 1.77. The number of hydrogen-bond acceptors (Lipinski definition) is 6. The zero-order valence-electron chi connectivity index (χ0n) is 11.3. The number of methoxy groups -OCH3 is 1. The number of nitrogens with one attached hydrogen (secondary N) is 1. The highest BCUT2D eigenvalue weighted by Gasteiger charge is 2.02. The number of thiazole rings is 1. The summed E-state index contributed by atoms with van der Waals surface area (Å²) in [7, 11) is 1.58. The Kier molecular flexibility index (Phi) is 3.70. The zero-order valence-corrected chi connectivity index (χ0v) is 12.1. The van der Waals surface area contributed by atoms with Crippen LogP contribution in [0.5, 0.6) is 11.5 Å². The first kappa shape index (κ1) is 13.4. The standard InChI is InChI=1S/C15H13N3O2S/c1-20-11-6-7-13(19)10(8-11)9-16-18-15-17-12-4-2-3-5-14(12)21-15/h2-9,19H,1H3,(H,17,18)/b16-9+. The maximum atomic E-state index is 9.75. The number of benzene rings is 2. The average Bonchev–Trinajstić information content (AvgIpc) is 2.92. The summed E-state index contributed by atoms with van der Waals surface area (Å²) in [6.07, 6.45) is 1.53. The van der Waals surface area contributed by atoms with E-state index in [1.165, 1.54) is 17.6 Å². The third kappa shape index (κ3) is 2.95. The molecule has 3 rings (SSSR count). The van der Waals surface area contributed by atoms with Gasteiger partial charge < -0.3 is 9.84 Å². The lowest BCUT2D eigenvalue weighted by Gasteiger charge is -2.02. The molecule has 5 nitrogen and oxygen atoms in total. The lowest BCUT2D eigenvalue weighted by Crippen LogP contribution is -1.91. The Morgan fingerprint density at radius 1 is 1.29 bits per heavy atom. The summed E-state index contributed by atoms with van der Waals surface area (Å²) in [4.78, 5) is 4.41. The first-order chi connectivity index (χ1) is 10.3.